The minimum Gasteiger partial charge on any atom is -0.371 e. The maximum atomic E-state index is 13.0. The monoisotopic (exact) mass is 560 g/mol. The number of anilines is 3. The van der Waals surface area contributed by atoms with Crippen LogP contribution in [-0.2, 0) is 7.05 Å². The van der Waals surface area contributed by atoms with Gasteiger partial charge in [-0.3, -0.25) is 14.3 Å². The highest BCUT2D eigenvalue weighted by Gasteiger charge is 2.25. The lowest BCUT2D eigenvalue weighted by molar-refractivity contribution is 0.100. The Bertz CT molecular complexity index is 1990. The molecule has 12 heteroatoms. The SMILES string of the molecule is Cn1c2nc(Nc3ccc(N4CCCC(c5nc6cccc(C(N)=O)c6[nH]5)C4)cc3)ncc2c(=O)n1-c1ccccn1. The zero-order chi connectivity index (χ0) is 28.8. The number of nitrogens with two attached hydrogens (primary N) is 1. The normalized spacial score (nSPS) is 15.4. The summed E-state index contributed by atoms with van der Waals surface area (Å²) in [5, 5.41) is 3.67. The molecular formula is C30H28N10O2. The van der Waals surface area contributed by atoms with Crippen LogP contribution in [0.3, 0.4) is 0 Å². The molecule has 2 aromatic carbocycles. The Hall–Kier alpha value is -5.52. The van der Waals surface area contributed by atoms with Crippen LogP contribution in [0.5, 0.6) is 0 Å². The molecule has 0 radical (unpaired) electrons. The third-order valence-corrected chi connectivity index (χ3v) is 7.76. The predicted molar refractivity (Wildman–Crippen MR) is 160 cm³/mol. The lowest BCUT2D eigenvalue weighted by Gasteiger charge is -2.33. The van der Waals surface area contributed by atoms with Crippen molar-refractivity contribution in [2.75, 3.05) is 23.3 Å². The van der Waals surface area contributed by atoms with Crippen LogP contribution in [0.15, 0.2) is 77.9 Å². The van der Waals surface area contributed by atoms with Gasteiger partial charge < -0.3 is 20.9 Å². The molecule has 1 amide bonds. The van der Waals surface area contributed by atoms with E-state index in [0.29, 0.717) is 33.9 Å². The maximum Gasteiger partial charge on any atom is 0.283 e. The second-order valence-electron chi connectivity index (χ2n) is 10.4. The molecule has 6 aromatic rings. The molecule has 0 bridgehead atoms. The molecule has 0 saturated carbocycles. The lowest BCUT2D eigenvalue weighted by atomic mass is 9.97. The van der Waals surface area contributed by atoms with E-state index in [0.717, 1.165) is 48.6 Å². The van der Waals surface area contributed by atoms with Gasteiger partial charge in [0.05, 0.1) is 16.6 Å². The van der Waals surface area contributed by atoms with E-state index in [1.54, 1.807) is 48.4 Å². The summed E-state index contributed by atoms with van der Waals surface area (Å²) >= 11 is 0. The zero-order valence-corrected chi connectivity index (χ0v) is 22.9. The van der Waals surface area contributed by atoms with Crippen molar-refractivity contribution in [1.29, 1.82) is 0 Å². The van der Waals surface area contributed by atoms with Gasteiger partial charge in [0.1, 0.15) is 11.2 Å². The van der Waals surface area contributed by atoms with E-state index in [2.05, 4.69) is 42.3 Å². The van der Waals surface area contributed by atoms with E-state index < -0.39 is 5.91 Å². The molecule has 7 rings (SSSR count). The number of aryl methyl sites for hydroxylation is 1. The van der Waals surface area contributed by atoms with Crippen molar-refractivity contribution in [3.63, 3.8) is 0 Å². The van der Waals surface area contributed by atoms with Crippen LogP contribution in [0, 0.1) is 0 Å². The number of H-pyrrole nitrogens is 1. The number of aromatic nitrogens is 7. The Morgan fingerprint density at radius 2 is 1.90 bits per heavy atom. The number of amides is 1. The highest BCUT2D eigenvalue weighted by Crippen LogP contribution is 2.31. The van der Waals surface area contributed by atoms with Gasteiger partial charge in [0, 0.05) is 49.8 Å². The fourth-order valence-electron chi connectivity index (χ4n) is 5.68. The topological polar surface area (TPSA) is 153 Å². The van der Waals surface area contributed by atoms with Gasteiger partial charge in [0.25, 0.3) is 11.5 Å². The van der Waals surface area contributed by atoms with E-state index in [9.17, 15) is 9.59 Å². The standard InChI is InChI=1S/C30H28N10O2/c1-38-28-22(29(42)40(38)24-9-2-3-14-32-24)16-33-30(37-28)34-19-10-12-20(13-11-19)39-15-5-6-18(17-39)27-35-23-8-4-7-21(26(31)41)25(23)36-27/h2-4,7-14,16,18H,5-6,15,17H2,1H3,(H2,31,41)(H,35,36)(H,33,34,37). The van der Waals surface area contributed by atoms with Crippen molar-refractivity contribution in [2.24, 2.45) is 12.8 Å². The minimum absolute atomic E-state index is 0.204. The van der Waals surface area contributed by atoms with Crippen molar-refractivity contribution >= 4 is 45.3 Å². The molecule has 0 aliphatic carbocycles. The van der Waals surface area contributed by atoms with Gasteiger partial charge in [0.15, 0.2) is 11.5 Å². The molecule has 5 heterocycles. The van der Waals surface area contributed by atoms with E-state index in [1.807, 2.05) is 24.3 Å². The highest BCUT2D eigenvalue weighted by molar-refractivity contribution is 6.04. The van der Waals surface area contributed by atoms with Crippen molar-refractivity contribution in [3.8, 4) is 5.82 Å². The Kier molecular flexibility index (Phi) is 6.15. The van der Waals surface area contributed by atoms with E-state index in [-0.39, 0.29) is 11.5 Å². The van der Waals surface area contributed by atoms with Crippen molar-refractivity contribution < 1.29 is 4.79 Å². The molecule has 1 unspecified atom stereocenters. The Morgan fingerprint density at radius 3 is 2.69 bits per heavy atom. The number of rotatable bonds is 6. The first-order chi connectivity index (χ1) is 20.5. The Morgan fingerprint density at radius 1 is 1.05 bits per heavy atom. The average molecular weight is 561 g/mol. The molecule has 4 aromatic heterocycles. The Balaban J connectivity index is 1.09. The number of piperidine rings is 1. The quantitative estimate of drug-likeness (QED) is 0.279. The summed E-state index contributed by atoms with van der Waals surface area (Å²) in [6.07, 6.45) is 5.21. The fourth-order valence-corrected chi connectivity index (χ4v) is 5.68. The summed E-state index contributed by atoms with van der Waals surface area (Å²) in [5.41, 5.74) is 9.68. The first-order valence-corrected chi connectivity index (χ1v) is 13.7. The minimum atomic E-state index is -0.466. The number of aromatic amines is 1. The van der Waals surface area contributed by atoms with Crippen LogP contribution in [0.1, 0.15) is 34.9 Å². The van der Waals surface area contributed by atoms with Crippen LogP contribution < -0.4 is 21.5 Å². The first-order valence-electron chi connectivity index (χ1n) is 13.7. The summed E-state index contributed by atoms with van der Waals surface area (Å²) in [6.45, 7) is 1.75. The number of nitrogens with one attached hydrogen (secondary N) is 2. The predicted octanol–water partition coefficient (Wildman–Crippen LogP) is 3.62. The van der Waals surface area contributed by atoms with E-state index >= 15 is 0 Å². The third-order valence-electron chi connectivity index (χ3n) is 7.76. The van der Waals surface area contributed by atoms with Crippen LogP contribution in [0.25, 0.3) is 27.9 Å². The van der Waals surface area contributed by atoms with Crippen molar-refractivity contribution in [3.05, 3.63) is 94.8 Å². The van der Waals surface area contributed by atoms with Crippen LogP contribution in [-0.4, -0.2) is 53.3 Å². The number of hydrogen-bond donors (Lipinski definition) is 3. The first kappa shape index (κ1) is 25.4. The number of pyridine rings is 1. The summed E-state index contributed by atoms with van der Waals surface area (Å²) in [5.74, 6) is 1.52. The molecule has 1 saturated heterocycles. The fraction of sp³-hybridized carbons (Fsp3) is 0.200. The van der Waals surface area contributed by atoms with Gasteiger partial charge in [-0.25, -0.2) is 15.0 Å². The molecule has 1 aliphatic rings. The maximum absolute atomic E-state index is 13.0. The van der Waals surface area contributed by atoms with Gasteiger partial charge in [0.2, 0.25) is 5.95 Å². The number of benzene rings is 2. The molecule has 42 heavy (non-hydrogen) atoms. The van der Waals surface area contributed by atoms with Gasteiger partial charge in [-0.15, -0.1) is 0 Å². The molecule has 4 N–H and O–H groups in total. The Labute approximate surface area is 239 Å². The molecule has 1 fully saturated rings. The summed E-state index contributed by atoms with van der Waals surface area (Å²) < 4.78 is 3.16. The van der Waals surface area contributed by atoms with Gasteiger partial charge in [-0.1, -0.05) is 12.1 Å². The van der Waals surface area contributed by atoms with Crippen LogP contribution in [0.2, 0.25) is 0 Å². The lowest BCUT2D eigenvalue weighted by Crippen LogP contribution is -2.34. The number of para-hydroxylation sites is 1. The number of nitrogens with zero attached hydrogens (tertiary/aromatic N) is 7. The molecule has 1 aliphatic heterocycles. The number of carbonyl (C=O) groups is 1. The van der Waals surface area contributed by atoms with Gasteiger partial charge >= 0.3 is 0 Å². The largest absolute Gasteiger partial charge is 0.371 e. The number of hydrogen-bond acceptors (Lipinski definition) is 8. The summed E-state index contributed by atoms with van der Waals surface area (Å²) in [4.78, 5) is 48.6. The molecular weight excluding hydrogens is 532 g/mol. The number of carbonyl (C=O) groups excluding carboxylic acids is 1. The molecule has 12 nitrogen and oxygen atoms in total. The second kappa shape index (κ2) is 10.1. The molecule has 0 spiro atoms. The van der Waals surface area contributed by atoms with E-state index in [4.69, 9.17) is 10.7 Å². The third kappa shape index (κ3) is 4.42. The van der Waals surface area contributed by atoms with Crippen LogP contribution >= 0.6 is 0 Å². The average Bonchev–Trinajstić information content (AvgIpc) is 3.56. The van der Waals surface area contributed by atoms with Gasteiger partial charge in [-0.2, -0.15) is 9.67 Å². The zero-order valence-electron chi connectivity index (χ0n) is 22.9. The van der Waals surface area contributed by atoms with Gasteiger partial charge in [-0.05, 0) is 61.4 Å². The number of imidazole rings is 1. The summed E-state index contributed by atoms with van der Waals surface area (Å²) in [6, 6.07) is 18.9. The van der Waals surface area contributed by atoms with E-state index in [1.165, 1.54) is 4.68 Å². The molecule has 1 atom stereocenters. The van der Waals surface area contributed by atoms with Crippen molar-refractivity contribution in [1.82, 2.24) is 34.3 Å². The number of primary amides is 1. The number of fused-ring (bicyclic) bond motifs is 2. The van der Waals surface area contributed by atoms with Crippen molar-refractivity contribution in [2.45, 2.75) is 18.8 Å². The second-order valence-corrected chi connectivity index (χ2v) is 10.4. The van der Waals surface area contributed by atoms with Crippen LogP contribution in [0.4, 0.5) is 17.3 Å². The molecule has 210 valence electrons. The smallest absolute Gasteiger partial charge is 0.283 e. The highest BCUT2D eigenvalue weighted by atomic mass is 16.1. The summed E-state index contributed by atoms with van der Waals surface area (Å²) in [7, 11) is 1.78.